The highest BCUT2D eigenvalue weighted by Gasteiger charge is 2.25. The number of carbonyl (C=O) groups excluding carboxylic acids is 3. The minimum absolute atomic E-state index is 0.0298. The number of ether oxygens (including phenoxy) is 3. The van der Waals surface area contributed by atoms with Crippen LogP contribution in [0.1, 0.15) is 206 Å². The van der Waals surface area contributed by atoms with Gasteiger partial charge in [-0.25, -0.2) is 0 Å². The van der Waals surface area contributed by atoms with Crippen LogP contribution >= 0.6 is 0 Å². The molecule has 0 aromatic carbocycles. The van der Waals surface area contributed by atoms with E-state index in [2.05, 4.69) is 111 Å². The van der Waals surface area contributed by atoms with E-state index in [1.54, 1.807) is 21.1 Å². The van der Waals surface area contributed by atoms with Gasteiger partial charge in [-0.05, 0) is 89.9 Å². The molecule has 382 valence electrons. The lowest BCUT2D eigenvalue weighted by Crippen LogP contribution is -2.55. The average molecular weight is 934 g/mol. The lowest BCUT2D eigenvalue weighted by atomic mass is 10.0. The largest absolute Gasteiger partial charge is 0.544 e. The van der Waals surface area contributed by atoms with Crippen LogP contribution in [0.5, 0.6) is 0 Å². The zero-order valence-electron chi connectivity index (χ0n) is 43.5. The van der Waals surface area contributed by atoms with Gasteiger partial charge < -0.3 is 28.6 Å². The zero-order chi connectivity index (χ0) is 49.2. The van der Waals surface area contributed by atoms with Gasteiger partial charge in [0.25, 0.3) is 0 Å². The van der Waals surface area contributed by atoms with Crippen LogP contribution in [0.15, 0.2) is 97.2 Å². The average Bonchev–Trinajstić information content (AvgIpc) is 3.29. The summed E-state index contributed by atoms with van der Waals surface area (Å²) in [6.45, 7) is 4.43. The third-order valence-corrected chi connectivity index (χ3v) is 11.5. The van der Waals surface area contributed by atoms with E-state index in [-0.39, 0.29) is 42.7 Å². The van der Waals surface area contributed by atoms with Crippen molar-refractivity contribution >= 4 is 17.9 Å². The standard InChI is InChI=1S/C59H99NO7/c1-6-8-10-12-14-16-18-20-22-24-26-28-30-31-33-35-37-39-41-43-45-47-49-57(61)66-54-55(53-65-52-51-56(59(63)64)60(3,4)5)67-58(62)50-48-46-44-42-40-38-36-34-32-29-27-25-23-21-19-17-15-13-11-9-7-2/h8-11,14-17,20-23,26,28,31,33,55-56H,6-7,12-13,18-19,24-25,27,29-30,32,34-54H2,1-5H3/b10-8+,11-9+,16-14+,17-15+,22-20+,23-21+,28-26+,33-31+. The lowest BCUT2D eigenvalue weighted by molar-refractivity contribution is -0.889. The van der Waals surface area contributed by atoms with Crippen molar-refractivity contribution in [2.45, 2.75) is 219 Å². The lowest BCUT2D eigenvalue weighted by Gasteiger charge is -2.34. The Morgan fingerprint density at radius 2 is 0.791 bits per heavy atom. The summed E-state index contributed by atoms with van der Waals surface area (Å²) < 4.78 is 17.3. The quantitative estimate of drug-likeness (QED) is 0.0259. The summed E-state index contributed by atoms with van der Waals surface area (Å²) in [6, 6.07) is -0.735. The molecule has 67 heavy (non-hydrogen) atoms. The summed E-state index contributed by atoms with van der Waals surface area (Å²) in [4.78, 5) is 37.1. The number of allylic oxidation sites excluding steroid dienone is 16. The monoisotopic (exact) mass is 934 g/mol. The second-order valence-electron chi connectivity index (χ2n) is 18.7. The fourth-order valence-electron chi connectivity index (χ4n) is 7.41. The number of esters is 2. The number of hydrogen-bond donors (Lipinski definition) is 0. The Morgan fingerprint density at radius 1 is 0.448 bits per heavy atom. The summed E-state index contributed by atoms with van der Waals surface area (Å²) in [7, 11) is 5.41. The molecule has 8 nitrogen and oxygen atoms in total. The van der Waals surface area contributed by atoms with Crippen LogP contribution in [0, 0.1) is 0 Å². The van der Waals surface area contributed by atoms with Crippen LogP contribution in [0.25, 0.3) is 0 Å². The Bertz CT molecular complexity index is 1410. The van der Waals surface area contributed by atoms with Gasteiger partial charge in [-0.2, -0.15) is 0 Å². The van der Waals surface area contributed by atoms with Crippen LogP contribution < -0.4 is 5.11 Å². The molecule has 0 saturated heterocycles. The predicted molar refractivity (Wildman–Crippen MR) is 281 cm³/mol. The van der Waals surface area contributed by atoms with Crippen molar-refractivity contribution < 1.29 is 38.2 Å². The van der Waals surface area contributed by atoms with Crippen LogP contribution in [-0.2, 0) is 28.6 Å². The molecule has 0 saturated carbocycles. The fourth-order valence-corrected chi connectivity index (χ4v) is 7.41. The van der Waals surface area contributed by atoms with E-state index in [1.807, 2.05) is 0 Å². The smallest absolute Gasteiger partial charge is 0.306 e. The Balaban J connectivity index is 4.27. The first-order valence-corrected chi connectivity index (χ1v) is 26.8. The molecule has 2 atom stereocenters. The van der Waals surface area contributed by atoms with Crippen LogP contribution in [0.2, 0.25) is 0 Å². The van der Waals surface area contributed by atoms with Gasteiger partial charge in [0.15, 0.2) is 6.10 Å². The number of unbranched alkanes of at least 4 members (excludes halogenated alkanes) is 17. The molecule has 0 spiro atoms. The molecule has 0 rings (SSSR count). The maximum atomic E-state index is 12.8. The molecule has 2 unspecified atom stereocenters. The molecular weight excluding hydrogens is 835 g/mol. The molecule has 0 bridgehead atoms. The minimum atomic E-state index is -1.13. The number of carbonyl (C=O) groups is 3. The van der Waals surface area contributed by atoms with E-state index in [4.69, 9.17) is 14.2 Å². The van der Waals surface area contributed by atoms with Crippen molar-refractivity contribution in [2.75, 3.05) is 41.0 Å². The van der Waals surface area contributed by atoms with Gasteiger partial charge in [0.1, 0.15) is 12.6 Å². The van der Waals surface area contributed by atoms with Crippen LogP contribution in [0.3, 0.4) is 0 Å². The fraction of sp³-hybridized carbons (Fsp3) is 0.678. The molecular formula is C59H99NO7. The van der Waals surface area contributed by atoms with Crippen molar-refractivity contribution in [1.29, 1.82) is 0 Å². The van der Waals surface area contributed by atoms with Gasteiger partial charge in [0.05, 0.1) is 40.3 Å². The Kier molecular flexibility index (Phi) is 46.0. The van der Waals surface area contributed by atoms with E-state index in [9.17, 15) is 19.5 Å². The van der Waals surface area contributed by atoms with E-state index < -0.39 is 18.1 Å². The number of carboxylic acid groups (broad SMARTS) is 1. The number of hydrogen-bond acceptors (Lipinski definition) is 7. The van der Waals surface area contributed by atoms with E-state index >= 15 is 0 Å². The summed E-state index contributed by atoms with van der Waals surface area (Å²) >= 11 is 0. The van der Waals surface area contributed by atoms with Crippen LogP contribution in [-0.4, -0.2) is 75.5 Å². The van der Waals surface area contributed by atoms with E-state index in [0.717, 1.165) is 103 Å². The van der Waals surface area contributed by atoms with Crippen molar-refractivity contribution in [2.24, 2.45) is 0 Å². The van der Waals surface area contributed by atoms with Gasteiger partial charge >= 0.3 is 11.9 Å². The molecule has 0 aliphatic carbocycles. The van der Waals surface area contributed by atoms with Gasteiger partial charge in [-0.15, -0.1) is 0 Å². The number of carboxylic acids is 1. The Hall–Kier alpha value is -3.75. The summed E-state index contributed by atoms with van der Waals surface area (Å²) in [5.41, 5.74) is 0. The van der Waals surface area contributed by atoms with Gasteiger partial charge in [0.2, 0.25) is 0 Å². The highest BCUT2D eigenvalue weighted by molar-refractivity contribution is 5.70. The van der Waals surface area contributed by atoms with Gasteiger partial charge in [-0.3, -0.25) is 9.59 Å². The second kappa shape index (κ2) is 48.7. The normalized spacial score (nSPS) is 13.6. The first kappa shape index (κ1) is 63.2. The third kappa shape index (κ3) is 47.1. The number of rotatable bonds is 47. The van der Waals surface area contributed by atoms with Crippen molar-refractivity contribution in [3.63, 3.8) is 0 Å². The molecule has 0 radical (unpaired) electrons. The molecule has 8 heteroatoms. The maximum Gasteiger partial charge on any atom is 0.306 e. The highest BCUT2D eigenvalue weighted by atomic mass is 16.6. The molecule has 0 aliphatic heterocycles. The topological polar surface area (TPSA) is 102 Å². The molecule has 0 aliphatic rings. The SMILES string of the molecule is CC/C=C/C/C=C/C/C=C/C/C=C/C/C=C/CCCCCCCCC(=O)OCC(COCCC(C(=O)[O-])[N+](C)(C)C)OC(=O)CCCCCCCCCCCCC/C=C/C/C=C/C/C=C/CC. The van der Waals surface area contributed by atoms with Gasteiger partial charge in [-0.1, -0.05) is 195 Å². The first-order valence-electron chi connectivity index (χ1n) is 26.8. The minimum Gasteiger partial charge on any atom is -0.544 e. The zero-order valence-corrected chi connectivity index (χ0v) is 43.5. The van der Waals surface area contributed by atoms with Crippen LogP contribution in [0.4, 0.5) is 0 Å². The number of likely N-dealkylation sites (N-methyl/N-ethyl adjacent to an activating group) is 1. The maximum absolute atomic E-state index is 12.8. The highest BCUT2D eigenvalue weighted by Crippen LogP contribution is 2.15. The second-order valence-corrected chi connectivity index (χ2v) is 18.7. The number of quaternary nitrogens is 1. The summed E-state index contributed by atoms with van der Waals surface area (Å²) in [5.74, 6) is -1.76. The molecule has 0 heterocycles. The molecule has 0 fully saturated rings. The Labute approximate surface area is 411 Å². The van der Waals surface area contributed by atoms with Gasteiger partial charge in [0, 0.05) is 19.3 Å². The molecule has 0 aromatic heterocycles. The van der Waals surface area contributed by atoms with Crippen molar-refractivity contribution in [3.8, 4) is 0 Å². The molecule has 0 aromatic rings. The third-order valence-electron chi connectivity index (χ3n) is 11.5. The summed E-state index contributed by atoms with van der Waals surface area (Å²) in [6.07, 6.45) is 65.8. The molecule has 0 N–H and O–H groups in total. The summed E-state index contributed by atoms with van der Waals surface area (Å²) in [5, 5.41) is 11.7. The van der Waals surface area contributed by atoms with E-state index in [0.29, 0.717) is 12.8 Å². The first-order chi connectivity index (χ1) is 32.6. The Morgan fingerprint density at radius 3 is 1.16 bits per heavy atom. The number of aliphatic carboxylic acids is 1. The van der Waals surface area contributed by atoms with Crippen molar-refractivity contribution in [1.82, 2.24) is 0 Å². The van der Waals surface area contributed by atoms with Crippen molar-refractivity contribution in [3.05, 3.63) is 97.2 Å². The predicted octanol–water partition coefficient (Wildman–Crippen LogP) is 14.5. The molecule has 0 amide bonds. The van der Waals surface area contributed by atoms with E-state index in [1.165, 1.54) is 70.6 Å². The number of nitrogens with zero attached hydrogens (tertiary/aromatic N) is 1.